The molecule has 10 heavy (non-hydrogen) atoms. The van der Waals surface area contributed by atoms with Gasteiger partial charge in [-0.1, -0.05) is 12.2 Å². The molecule has 0 aromatic heterocycles. The molecule has 1 heterocycles. The van der Waals surface area contributed by atoms with Crippen molar-refractivity contribution in [3.63, 3.8) is 0 Å². The summed E-state index contributed by atoms with van der Waals surface area (Å²) in [6.07, 6.45) is 10.1. The first-order valence-electron chi connectivity index (χ1n) is 3.41. The second kappa shape index (κ2) is 2.21. The molecule has 49 valence electrons. The molecule has 0 unspecified atom stereocenters. The quantitative estimate of drug-likeness (QED) is 0.440. The molecular formula is C8H8N2+. The fourth-order valence-corrected chi connectivity index (χ4v) is 1.15. The Morgan fingerprint density at radius 3 is 3.10 bits per heavy atom. The summed E-state index contributed by atoms with van der Waals surface area (Å²) in [6.45, 7) is 0. The normalized spacial score (nSPS) is 21.6. The monoisotopic (exact) mass is 132 g/mol. The molecule has 0 atom stereocenters. The molecule has 0 N–H and O–H groups in total. The maximum absolute atomic E-state index is 4.02. The summed E-state index contributed by atoms with van der Waals surface area (Å²) >= 11 is 0. The highest BCUT2D eigenvalue weighted by Gasteiger charge is 2.14. The predicted molar refractivity (Wildman–Crippen MR) is 42.1 cm³/mol. The molecular weight excluding hydrogens is 124 g/mol. The number of fused-ring (bicyclic) bond motifs is 1. The zero-order valence-electron chi connectivity index (χ0n) is 5.62. The largest absolute Gasteiger partial charge is 0.278 e. The third kappa shape index (κ3) is 0.817. The second-order valence-electron chi connectivity index (χ2n) is 2.38. The van der Waals surface area contributed by atoms with E-state index in [9.17, 15) is 0 Å². The molecule has 2 nitrogen and oxygen atoms in total. The van der Waals surface area contributed by atoms with Gasteiger partial charge in [-0.3, -0.25) is 0 Å². The summed E-state index contributed by atoms with van der Waals surface area (Å²) in [6, 6.07) is 0. The molecule has 2 heteroatoms. The molecule has 0 aromatic carbocycles. The average molecular weight is 132 g/mol. The lowest BCUT2D eigenvalue weighted by Crippen LogP contribution is -2.10. The van der Waals surface area contributed by atoms with Crippen LogP contribution in [0.3, 0.4) is 0 Å². The van der Waals surface area contributed by atoms with Gasteiger partial charge in [0.2, 0.25) is 5.10 Å². The van der Waals surface area contributed by atoms with Crippen molar-refractivity contribution < 1.29 is 0 Å². The van der Waals surface area contributed by atoms with E-state index in [0.29, 0.717) is 0 Å². The Kier molecular flexibility index (Phi) is 1.24. The van der Waals surface area contributed by atoms with Gasteiger partial charge >= 0.3 is 0 Å². The van der Waals surface area contributed by atoms with Gasteiger partial charge in [0.1, 0.15) is 5.71 Å². The van der Waals surface area contributed by atoms with Crippen LogP contribution in [-0.2, 0) is 0 Å². The number of hydrogen-bond acceptors (Lipinski definition) is 2. The highest BCUT2D eigenvalue weighted by atomic mass is 15.2. The summed E-state index contributed by atoms with van der Waals surface area (Å²) in [5.41, 5.74) is 2.45. The van der Waals surface area contributed by atoms with E-state index in [0.717, 1.165) is 18.6 Å². The maximum Gasteiger partial charge on any atom is 0.278 e. The summed E-state index contributed by atoms with van der Waals surface area (Å²) in [7, 11) is 0. The molecule has 1 radical (unpaired) electrons. The lowest BCUT2D eigenvalue weighted by Gasteiger charge is -2.06. The predicted octanol–water partition coefficient (Wildman–Crippen LogP) is 1.04. The van der Waals surface area contributed by atoms with Gasteiger partial charge in [0.25, 0.3) is 6.21 Å². The van der Waals surface area contributed by atoms with Crippen LogP contribution in [0.4, 0.5) is 0 Å². The number of nitrogens with zero attached hydrogens (tertiary/aromatic N) is 2. The van der Waals surface area contributed by atoms with Crippen LogP contribution in [0.2, 0.25) is 0 Å². The Morgan fingerprint density at radius 1 is 1.30 bits per heavy atom. The van der Waals surface area contributed by atoms with E-state index in [1.807, 2.05) is 6.08 Å². The molecule has 0 saturated carbocycles. The Bertz CT molecular complexity index is 230. The van der Waals surface area contributed by atoms with E-state index in [2.05, 4.69) is 22.4 Å². The first-order valence-corrected chi connectivity index (χ1v) is 3.41. The second-order valence-corrected chi connectivity index (χ2v) is 2.38. The van der Waals surface area contributed by atoms with Gasteiger partial charge in [-0.2, -0.15) is 0 Å². The molecule has 0 aromatic rings. The van der Waals surface area contributed by atoms with Crippen molar-refractivity contribution in [3.05, 3.63) is 23.8 Å². The Morgan fingerprint density at radius 2 is 2.20 bits per heavy atom. The van der Waals surface area contributed by atoms with E-state index in [4.69, 9.17) is 0 Å². The number of allylic oxidation sites excluding steroid dienone is 4. The standard InChI is InChI=1S/C8H8N2/c1-2-4-8-7(3-1)5-6-9-10-8/h1-2,5-6H,3-4H2/q+1. The lowest BCUT2D eigenvalue weighted by molar-refractivity contribution is 1.05. The van der Waals surface area contributed by atoms with Gasteiger partial charge in [-0.05, 0) is 12.0 Å². The van der Waals surface area contributed by atoms with Gasteiger partial charge in [-0.25, -0.2) is 0 Å². The summed E-state index contributed by atoms with van der Waals surface area (Å²) in [5.74, 6) is 0. The van der Waals surface area contributed by atoms with Gasteiger partial charge in [-0.15, -0.1) is 0 Å². The number of hydrogen-bond donors (Lipinski definition) is 0. The van der Waals surface area contributed by atoms with Crippen LogP contribution in [0.15, 0.2) is 28.9 Å². The van der Waals surface area contributed by atoms with E-state index < -0.39 is 0 Å². The van der Waals surface area contributed by atoms with Gasteiger partial charge in [0, 0.05) is 12.5 Å². The van der Waals surface area contributed by atoms with Crippen molar-refractivity contribution in [1.29, 1.82) is 0 Å². The third-order valence-electron chi connectivity index (χ3n) is 1.71. The van der Waals surface area contributed by atoms with E-state index in [1.54, 1.807) is 6.21 Å². The first-order chi connectivity index (χ1) is 4.97. The Labute approximate surface area is 59.7 Å². The van der Waals surface area contributed by atoms with Gasteiger partial charge in [0.15, 0.2) is 0 Å². The fourth-order valence-electron chi connectivity index (χ4n) is 1.15. The van der Waals surface area contributed by atoms with Crippen molar-refractivity contribution in [2.45, 2.75) is 12.8 Å². The molecule has 0 saturated heterocycles. The van der Waals surface area contributed by atoms with Crippen LogP contribution < -0.4 is 5.10 Å². The molecule has 0 amide bonds. The minimum atomic E-state index is 0.948. The SMILES string of the molecule is C1=CCC2=N[N+]=CC=C2C1. The molecule has 1 aliphatic heterocycles. The third-order valence-corrected chi connectivity index (χ3v) is 1.71. The molecule has 0 bridgehead atoms. The minimum absolute atomic E-state index is 0.948. The van der Waals surface area contributed by atoms with Crippen LogP contribution in [-0.4, -0.2) is 11.9 Å². The summed E-state index contributed by atoms with van der Waals surface area (Å²) in [5, 5.41) is 7.83. The van der Waals surface area contributed by atoms with Crippen molar-refractivity contribution >= 4 is 11.9 Å². The Hall–Kier alpha value is -1.18. The van der Waals surface area contributed by atoms with Crippen molar-refractivity contribution in [1.82, 2.24) is 5.10 Å². The van der Waals surface area contributed by atoms with E-state index in [1.165, 1.54) is 5.57 Å². The van der Waals surface area contributed by atoms with E-state index >= 15 is 0 Å². The van der Waals surface area contributed by atoms with Crippen LogP contribution >= 0.6 is 0 Å². The average Bonchev–Trinajstić information content (AvgIpc) is 2.05. The molecule has 2 rings (SSSR count). The zero-order valence-corrected chi connectivity index (χ0v) is 5.62. The smallest absolute Gasteiger partial charge is 0.0837 e. The van der Waals surface area contributed by atoms with Crippen molar-refractivity contribution in [2.75, 3.05) is 0 Å². The lowest BCUT2D eigenvalue weighted by atomic mass is 9.98. The molecule has 0 fully saturated rings. The fraction of sp³-hybridized carbons (Fsp3) is 0.250. The first kappa shape index (κ1) is 5.59. The minimum Gasteiger partial charge on any atom is -0.0837 e. The van der Waals surface area contributed by atoms with Gasteiger partial charge < -0.3 is 0 Å². The van der Waals surface area contributed by atoms with Crippen molar-refractivity contribution in [3.8, 4) is 0 Å². The van der Waals surface area contributed by atoms with Crippen LogP contribution in [0.5, 0.6) is 0 Å². The summed E-state index contributed by atoms with van der Waals surface area (Å²) < 4.78 is 0. The van der Waals surface area contributed by atoms with Crippen LogP contribution in [0.1, 0.15) is 12.8 Å². The highest BCUT2D eigenvalue weighted by Crippen LogP contribution is 2.14. The topological polar surface area (TPSA) is 26.5 Å². The highest BCUT2D eigenvalue weighted by molar-refractivity contribution is 6.05. The van der Waals surface area contributed by atoms with Gasteiger partial charge in [0.05, 0.1) is 5.10 Å². The molecule has 2 aliphatic rings. The Balaban J connectivity index is 2.39. The van der Waals surface area contributed by atoms with E-state index in [-0.39, 0.29) is 0 Å². The van der Waals surface area contributed by atoms with Crippen molar-refractivity contribution in [2.24, 2.45) is 5.10 Å². The van der Waals surface area contributed by atoms with Crippen LogP contribution in [0.25, 0.3) is 0 Å². The number of rotatable bonds is 0. The zero-order chi connectivity index (χ0) is 6.81. The molecule has 0 spiro atoms. The van der Waals surface area contributed by atoms with Crippen LogP contribution in [0, 0.1) is 0 Å². The summed E-state index contributed by atoms with van der Waals surface area (Å²) in [4.78, 5) is 0. The molecule has 1 aliphatic carbocycles. The maximum atomic E-state index is 4.02.